The number of nitrogens with two attached hydrogens (primary N) is 1. The molecule has 0 saturated carbocycles. The van der Waals surface area contributed by atoms with Gasteiger partial charge >= 0.3 is 16.2 Å². The molecule has 1 heterocycles. The summed E-state index contributed by atoms with van der Waals surface area (Å²) in [6.45, 7) is 5.13. The van der Waals surface area contributed by atoms with Crippen LogP contribution in [0.5, 0.6) is 0 Å². The van der Waals surface area contributed by atoms with Crippen LogP contribution in [-0.4, -0.2) is 44.9 Å². The van der Waals surface area contributed by atoms with Gasteiger partial charge in [-0.05, 0) is 44.7 Å². The number of nitrogens with one attached hydrogen (secondary N) is 2. The summed E-state index contributed by atoms with van der Waals surface area (Å²) >= 11 is 0. The highest BCUT2D eigenvalue weighted by atomic mass is 32.2. The molecule has 124 valence electrons. The van der Waals surface area contributed by atoms with E-state index in [2.05, 4.69) is 12.2 Å². The van der Waals surface area contributed by atoms with Crippen LogP contribution in [0.4, 0.5) is 4.79 Å². The molecule has 7 nitrogen and oxygen atoms in total. The van der Waals surface area contributed by atoms with Gasteiger partial charge in [0.15, 0.2) is 0 Å². The molecule has 21 heavy (non-hydrogen) atoms. The van der Waals surface area contributed by atoms with Crippen LogP contribution in [0.15, 0.2) is 0 Å². The van der Waals surface area contributed by atoms with E-state index in [-0.39, 0.29) is 0 Å². The van der Waals surface area contributed by atoms with Crippen molar-refractivity contribution in [3.05, 3.63) is 0 Å². The molecule has 4 N–H and O–H groups in total. The van der Waals surface area contributed by atoms with Crippen LogP contribution < -0.4 is 15.8 Å². The van der Waals surface area contributed by atoms with Crippen LogP contribution in [-0.2, 0) is 10.2 Å². The predicted molar refractivity (Wildman–Crippen MR) is 82.9 cm³/mol. The molecule has 2 amide bonds. The maximum Gasteiger partial charge on any atom is 0.326 e. The number of piperidine rings is 1. The minimum atomic E-state index is -3.75. The summed E-state index contributed by atoms with van der Waals surface area (Å²) in [6.07, 6.45) is 6.44. The third-order valence-corrected chi connectivity index (χ3v) is 5.33. The summed E-state index contributed by atoms with van der Waals surface area (Å²) in [7, 11) is -3.75. The molecular weight excluding hydrogens is 292 g/mol. The second-order valence-electron chi connectivity index (χ2n) is 5.56. The first-order valence-electron chi connectivity index (χ1n) is 7.73. The Morgan fingerprint density at radius 2 is 1.90 bits per heavy atom. The smallest absolute Gasteiger partial charge is 0.326 e. The van der Waals surface area contributed by atoms with Crippen LogP contribution in [0, 0.1) is 5.92 Å². The quantitative estimate of drug-likeness (QED) is 0.546. The number of unbranched alkanes of at least 4 members (excludes halogenated alkanes) is 2. The molecule has 1 aliphatic heterocycles. The number of carbonyl (C=O) groups is 1. The largest absolute Gasteiger partial charge is 0.351 e. The Morgan fingerprint density at radius 3 is 2.48 bits per heavy atom. The third-order valence-electron chi connectivity index (χ3n) is 3.83. The monoisotopic (exact) mass is 320 g/mol. The van der Waals surface area contributed by atoms with Crippen molar-refractivity contribution in [2.24, 2.45) is 11.7 Å². The van der Waals surface area contributed by atoms with Gasteiger partial charge in [0.2, 0.25) is 0 Å². The van der Waals surface area contributed by atoms with E-state index < -0.39 is 16.2 Å². The summed E-state index contributed by atoms with van der Waals surface area (Å²) < 4.78 is 26.6. The molecule has 0 spiro atoms. The number of primary amides is 1. The van der Waals surface area contributed by atoms with Crippen LogP contribution in [0.2, 0.25) is 0 Å². The lowest BCUT2D eigenvalue weighted by atomic mass is 9.95. The Kier molecular flexibility index (Phi) is 7.98. The van der Waals surface area contributed by atoms with E-state index in [9.17, 15) is 13.2 Å². The average molecular weight is 320 g/mol. The van der Waals surface area contributed by atoms with E-state index in [1.807, 2.05) is 0 Å². The first-order chi connectivity index (χ1) is 9.95. The number of nitrogens with zero attached hydrogens (tertiary/aromatic N) is 1. The van der Waals surface area contributed by atoms with E-state index in [0.717, 1.165) is 32.4 Å². The van der Waals surface area contributed by atoms with E-state index >= 15 is 0 Å². The lowest BCUT2D eigenvalue weighted by Gasteiger charge is -2.30. The van der Waals surface area contributed by atoms with E-state index in [0.29, 0.717) is 19.0 Å². The highest BCUT2D eigenvalue weighted by Crippen LogP contribution is 2.21. The van der Waals surface area contributed by atoms with Gasteiger partial charge in [0.05, 0.1) is 0 Å². The van der Waals surface area contributed by atoms with E-state index in [4.69, 9.17) is 5.73 Å². The van der Waals surface area contributed by atoms with Crippen LogP contribution in [0.3, 0.4) is 0 Å². The lowest BCUT2D eigenvalue weighted by Crippen LogP contribution is -2.48. The summed E-state index contributed by atoms with van der Waals surface area (Å²) in [5.74, 6) is 0.545. The maximum absolute atomic E-state index is 11.8. The summed E-state index contributed by atoms with van der Waals surface area (Å²) in [4.78, 5) is 10.7. The zero-order chi connectivity index (χ0) is 15.7. The van der Waals surface area contributed by atoms with Crippen LogP contribution in [0.25, 0.3) is 0 Å². The Balaban J connectivity index is 2.19. The molecule has 1 rings (SSSR count). The first-order valence-corrected chi connectivity index (χ1v) is 9.17. The number of hydrogen-bond acceptors (Lipinski definition) is 4. The zero-order valence-electron chi connectivity index (χ0n) is 12.8. The molecule has 1 saturated heterocycles. The summed E-state index contributed by atoms with van der Waals surface area (Å²) in [6, 6.07) is -1.03. The topological polar surface area (TPSA) is 105 Å². The predicted octanol–water partition coefficient (Wildman–Crippen LogP) is 0.781. The van der Waals surface area contributed by atoms with Gasteiger partial charge in [-0.3, -0.25) is 0 Å². The number of carbonyl (C=O) groups excluding carboxylic acids is 1. The fourth-order valence-corrected chi connectivity index (χ4v) is 3.64. The van der Waals surface area contributed by atoms with Crippen molar-refractivity contribution in [3.63, 3.8) is 0 Å². The van der Waals surface area contributed by atoms with Gasteiger partial charge in [-0.25, -0.2) is 9.52 Å². The molecule has 0 aromatic heterocycles. The van der Waals surface area contributed by atoms with Gasteiger partial charge in [0.1, 0.15) is 0 Å². The van der Waals surface area contributed by atoms with Crippen LogP contribution in [0.1, 0.15) is 45.4 Å². The first kappa shape index (κ1) is 18.2. The number of urea groups is 1. The molecule has 0 aromatic rings. The zero-order valence-corrected chi connectivity index (χ0v) is 13.6. The van der Waals surface area contributed by atoms with Crippen molar-refractivity contribution < 1.29 is 13.2 Å². The lowest BCUT2D eigenvalue weighted by molar-refractivity contribution is 0.247. The molecule has 0 radical (unpaired) electrons. The van der Waals surface area contributed by atoms with E-state index in [1.54, 1.807) is 4.72 Å². The third kappa shape index (κ3) is 7.10. The van der Waals surface area contributed by atoms with Gasteiger partial charge in [-0.15, -0.1) is 0 Å². The molecule has 0 unspecified atom stereocenters. The van der Waals surface area contributed by atoms with Gasteiger partial charge in [0, 0.05) is 13.1 Å². The van der Waals surface area contributed by atoms with Gasteiger partial charge in [0.25, 0.3) is 0 Å². The number of amides is 2. The summed E-state index contributed by atoms with van der Waals surface area (Å²) in [5.41, 5.74) is 4.86. The minimum absolute atomic E-state index is 0.448. The fourth-order valence-electron chi connectivity index (χ4n) is 2.56. The van der Waals surface area contributed by atoms with Crippen molar-refractivity contribution in [2.45, 2.75) is 45.4 Å². The summed E-state index contributed by atoms with van der Waals surface area (Å²) in [5, 5.41) is 3.43. The van der Waals surface area contributed by atoms with Crippen molar-refractivity contribution in [2.75, 3.05) is 26.2 Å². The van der Waals surface area contributed by atoms with Crippen molar-refractivity contribution in [3.8, 4) is 0 Å². The molecule has 0 aliphatic carbocycles. The molecular formula is C13H28N4O3S. The second kappa shape index (κ2) is 9.22. The molecule has 0 aromatic carbocycles. The number of rotatable bonds is 9. The van der Waals surface area contributed by atoms with Gasteiger partial charge in [-0.1, -0.05) is 19.8 Å². The Morgan fingerprint density at radius 1 is 1.24 bits per heavy atom. The standard InChI is InChI=1S/C13H28N4O3S/c1-2-3-4-8-15-9-5-12-6-10-17(11-7-12)21(19,20)16-13(14)18/h12,15H,2-11H2,1H3,(H3,14,16,18). The van der Waals surface area contributed by atoms with Gasteiger partial charge < -0.3 is 11.1 Å². The second-order valence-corrected chi connectivity index (χ2v) is 7.23. The maximum atomic E-state index is 11.8. The van der Waals surface area contributed by atoms with Crippen molar-refractivity contribution >= 4 is 16.2 Å². The molecule has 1 fully saturated rings. The normalized spacial score (nSPS) is 17.8. The fraction of sp³-hybridized carbons (Fsp3) is 0.923. The minimum Gasteiger partial charge on any atom is -0.351 e. The highest BCUT2D eigenvalue weighted by Gasteiger charge is 2.28. The number of hydrogen-bond donors (Lipinski definition) is 3. The Bertz CT molecular complexity index is 406. The Labute approximate surface area is 127 Å². The SMILES string of the molecule is CCCCCNCCC1CCN(S(=O)(=O)NC(N)=O)CC1. The Hall–Kier alpha value is -0.860. The molecule has 0 bridgehead atoms. The van der Waals surface area contributed by atoms with Crippen LogP contribution >= 0.6 is 0 Å². The average Bonchev–Trinajstić information content (AvgIpc) is 2.42. The van der Waals surface area contributed by atoms with Gasteiger partial charge in [-0.2, -0.15) is 12.7 Å². The molecule has 0 atom stereocenters. The highest BCUT2D eigenvalue weighted by molar-refractivity contribution is 7.87. The molecule has 1 aliphatic rings. The van der Waals surface area contributed by atoms with Crippen molar-refractivity contribution in [1.29, 1.82) is 0 Å². The molecule has 8 heteroatoms. The van der Waals surface area contributed by atoms with Crippen molar-refractivity contribution in [1.82, 2.24) is 14.3 Å². The van der Waals surface area contributed by atoms with E-state index in [1.165, 1.54) is 23.6 Å².